The molecule has 0 saturated heterocycles. The zero-order valence-electron chi connectivity index (χ0n) is 9.89. The highest BCUT2D eigenvalue weighted by atomic mass is 16.3. The van der Waals surface area contributed by atoms with E-state index in [1.165, 1.54) is 0 Å². The van der Waals surface area contributed by atoms with Crippen molar-refractivity contribution in [1.82, 2.24) is 0 Å². The van der Waals surface area contributed by atoms with E-state index in [-0.39, 0.29) is 11.5 Å². The van der Waals surface area contributed by atoms with Gasteiger partial charge >= 0.3 is 0 Å². The molecule has 0 heterocycles. The number of hydrogen-bond acceptors (Lipinski definition) is 3. The molecule has 0 amide bonds. The van der Waals surface area contributed by atoms with Gasteiger partial charge in [0.1, 0.15) is 0 Å². The molecule has 90 valence electrons. The van der Waals surface area contributed by atoms with Gasteiger partial charge in [-0.15, -0.1) is 0 Å². The molecule has 1 aliphatic carbocycles. The zero-order valence-corrected chi connectivity index (χ0v) is 9.89. The first-order chi connectivity index (χ1) is 8.20. The maximum absolute atomic E-state index is 9.59. The number of hydrogen-bond donors (Lipinski definition) is 2. The summed E-state index contributed by atoms with van der Waals surface area (Å²) in [4.78, 5) is 0. The third-order valence-electron chi connectivity index (χ3n) is 3.91. The van der Waals surface area contributed by atoms with Crippen LogP contribution in [0.25, 0.3) is 0 Å². The molecule has 0 unspecified atom stereocenters. The summed E-state index contributed by atoms with van der Waals surface area (Å²) in [5.74, 6) is 0. The Labute approximate surface area is 102 Å². The molecule has 0 bridgehead atoms. The number of aliphatic hydroxyl groups is 1. The monoisotopic (exact) mass is 230 g/mol. The number of nitrogens with zero attached hydrogens (tertiary/aromatic N) is 1. The standard InChI is InChI=1S/C14H18N2O/c15-9-11-2-1-3-12(8-11)14(10-16)6-4-13(17)5-7-14/h1-3,8,13,17H,4-7,10,16H2. The van der Waals surface area contributed by atoms with E-state index in [4.69, 9.17) is 11.0 Å². The Morgan fingerprint density at radius 2 is 2.12 bits per heavy atom. The topological polar surface area (TPSA) is 70.0 Å². The zero-order chi connectivity index (χ0) is 12.3. The predicted octanol–water partition coefficient (Wildman–Crippen LogP) is 1.69. The van der Waals surface area contributed by atoms with Gasteiger partial charge in [-0.25, -0.2) is 0 Å². The largest absolute Gasteiger partial charge is 0.393 e. The lowest BCUT2D eigenvalue weighted by molar-refractivity contribution is 0.0974. The molecular weight excluding hydrogens is 212 g/mol. The second-order valence-electron chi connectivity index (χ2n) is 4.91. The van der Waals surface area contributed by atoms with Crippen LogP contribution in [0, 0.1) is 11.3 Å². The highest BCUT2D eigenvalue weighted by Gasteiger charge is 2.35. The Bertz CT molecular complexity index is 428. The van der Waals surface area contributed by atoms with Crippen LogP contribution in [0.5, 0.6) is 0 Å². The lowest BCUT2D eigenvalue weighted by Gasteiger charge is -2.38. The highest BCUT2D eigenvalue weighted by Crippen LogP contribution is 2.38. The number of rotatable bonds is 2. The van der Waals surface area contributed by atoms with E-state index in [2.05, 4.69) is 6.07 Å². The van der Waals surface area contributed by atoms with Crippen molar-refractivity contribution in [3.05, 3.63) is 35.4 Å². The molecule has 1 saturated carbocycles. The molecule has 0 radical (unpaired) electrons. The third-order valence-corrected chi connectivity index (χ3v) is 3.91. The lowest BCUT2D eigenvalue weighted by Crippen LogP contribution is -2.40. The molecule has 0 aromatic heterocycles. The van der Waals surface area contributed by atoms with E-state index < -0.39 is 0 Å². The van der Waals surface area contributed by atoms with Crippen LogP contribution in [-0.2, 0) is 5.41 Å². The summed E-state index contributed by atoms with van der Waals surface area (Å²) in [5.41, 5.74) is 7.72. The number of benzene rings is 1. The van der Waals surface area contributed by atoms with E-state index >= 15 is 0 Å². The third kappa shape index (κ3) is 2.33. The summed E-state index contributed by atoms with van der Waals surface area (Å²) in [6.45, 7) is 0.578. The minimum Gasteiger partial charge on any atom is -0.393 e. The van der Waals surface area contributed by atoms with Gasteiger partial charge in [-0.2, -0.15) is 5.26 Å². The number of aliphatic hydroxyl groups excluding tert-OH is 1. The normalized spacial score (nSPS) is 28.6. The van der Waals surface area contributed by atoms with Gasteiger partial charge in [-0.3, -0.25) is 0 Å². The molecule has 2 rings (SSSR count). The highest BCUT2D eigenvalue weighted by molar-refractivity contribution is 5.37. The van der Waals surface area contributed by atoms with E-state index in [0.717, 1.165) is 31.2 Å². The van der Waals surface area contributed by atoms with Gasteiger partial charge in [0.2, 0.25) is 0 Å². The van der Waals surface area contributed by atoms with Crippen LogP contribution in [0.4, 0.5) is 0 Å². The molecule has 0 aliphatic heterocycles. The van der Waals surface area contributed by atoms with Crippen molar-refractivity contribution in [1.29, 1.82) is 5.26 Å². The summed E-state index contributed by atoms with van der Waals surface area (Å²) >= 11 is 0. The van der Waals surface area contributed by atoms with Crippen molar-refractivity contribution in [2.45, 2.75) is 37.2 Å². The number of nitriles is 1. The Morgan fingerprint density at radius 1 is 1.41 bits per heavy atom. The minimum absolute atomic E-state index is 0.0495. The molecule has 3 heteroatoms. The van der Waals surface area contributed by atoms with Crippen LogP contribution in [0.3, 0.4) is 0 Å². The summed E-state index contributed by atoms with van der Waals surface area (Å²) in [6, 6.07) is 9.87. The first kappa shape index (κ1) is 12.1. The average Bonchev–Trinajstić information content (AvgIpc) is 2.40. The Balaban J connectivity index is 2.31. The molecule has 1 aliphatic rings. The summed E-state index contributed by atoms with van der Waals surface area (Å²) in [6.07, 6.45) is 3.22. The number of nitrogens with two attached hydrogens (primary N) is 1. The Morgan fingerprint density at radius 3 is 2.71 bits per heavy atom. The van der Waals surface area contributed by atoms with Gasteiger partial charge in [0.05, 0.1) is 17.7 Å². The van der Waals surface area contributed by atoms with Crippen molar-refractivity contribution in [2.75, 3.05) is 6.54 Å². The minimum atomic E-state index is -0.186. The van der Waals surface area contributed by atoms with Gasteiger partial charge < -0.3 is 10.8 Å². The van der Waals surface area contributed by atoms with E-state index in [1.807, 2.05) is 24.3 Å². The van der Waals surface area contributed by atoms with Crippen molar-refractivity contribution in [3.63, 3.8) is 0 Å². The van der Waals surface area contributed by atoms with Gasteiger partial charge in [-0.1, -0.05) is 12.1 Å². The smallest absolute Gasteiger partial charge is 0.0991 e. The van der Waals surface area contributed by atoms with Crippen molar-refractivity contribution < 1.29 is 5.11 Å². The molecule has 0 spiro atoms. The molecule has 3 nitrogen and oxygen atoms in total. The SMILES string of the molecule is N#Cc1cccc(C2(CN)CCC(O)CC2)c1. The maximum atomic E-state index is 9.59. The molecule has 3 N–H and O–H groups in total. The lowest BCUT2D eigenvalue weighted by atomic mass is 9.68. The summed E-state index contributed by atoms with van der Waals surface area (Å²) < 4.78 is 0. The van der Waals surface area contributed by atoms with Gasteiger partial charge in [-0.05, 0) is 43.4 Å². The molecule has 0 atom stereocenters. The van der Waals surface area contributed by atoms with Crippen LogP contribution in [-0.4, -0.2) is 17.8 Å². The summed E-state index contributed by atoms with van der Waals surface area (Å²) in [5, 5.41) is 18.5. The molecule has 1 aromatic carbocycles. The van der Waals surface area contributed by atoms with Crippen molar-refractivity contribution >= 4 is 0 Å². The maximum Gasteiger partial charge on any atom is 0.0991 e. The van der Waals surface area contributed by atoms with Crippen LogP contribution in [0.15, 0.2) is 24.3 Å². The van der Waals surface area contributed by atoms with E-state index in [1.54, 1.807) is 0 Å². The van der Waals surface area contributed by atoms with Crippen LogP contribution in [0.1, 0.15) is 36.8 Å². The van der Waals surface area contributed by atoms with Crippen LogP contribution in [0.2, 0.25) is 0 Å². The Kier molecular flexibility index (Phi) is 3.46. The first-order valence-electron chi connectivity index (χ1n) is 6.09. The average molecular weight is 230 g/mol. The Hall–Kier alpha value is -1.37. The van der Waals surface area contributed by atoms with E-state index in [0.29, 0.717) is 12.1 Å². The molecule has 17 heavy (non-hydrogen) atoms. The molecule has 1 fully saturated rings. The molecular formula is C14H18N2O. The molecule has 1 aromatic rings. The quantitative estimate of drug-likeness (QED) is 0.812. The fraction of sp³-hybridized carbons (Fsp3) is 0.500. The van der Waals surface area contributed by atoms with Gasteiger partial charge in [0, 0.05) is 12.0 Å². The van der Waals surface area contributed by atoms with Gasteiger partial charge in [0.15, 0.2) is 0 Å². The van der Waals surface area contributed by atoms with Crippen molar-refractivity contribution in [2.24, 2.45) is 5.73 Å². The van der Waals surface area contributed by atoms with Crippen LogP contribution >= 0.6 is 0 Å². The van der Waals surface area contributed by atoms with Gasteiger partial charge in [0.25, 0.3) is 0 Å². The van der Waals surface area contributed by atoms with Crippen molar-refractivity contribution in [3.8, 4) is 6.07 Å². The fourth-order valence-corrected chi connectivity index (χ4v) is 2.68. The van der Waals surface area contributed by atoms with Crippen LogP contribution < -0.4 is 5.73 Å². The second kappa shape index (κ2) is 4.87. The van der Waals surface area contributed by atoms with E-state index in [9.17, 15) is 5.11 Å². The summed E-state index contributed by atoms with van der Waals surface area (Å²) in [7, 11) is 0. The fourth-order valence-electron chi connectivity index (χ4n) is 2.68. The predicted molar refractivity (Wildman–Crippen MR) is 66.4 cm³/mol. The first-order valence-corrected chi connectivity index (χ1v) is 6.09. The second-order valence-corrected chi connectivity index (χ2v) is 4.91.